The second-order valence-corrected chi connectivity index (χ2v) is 7.29. The molecule has 0 aliphatic carbocycles. The van der Waals surface area contributed by atoms with Crippen molar-refractivity contribution in [3.05, 3.63) is 57.6 Å². The van der Waals surface area contributed by atoms with Gasteiger partial charge >= 0.3 is 0 Å². The van der Waals surface area contributed by atoms with Crippen LogP contribution in [0.25, 0.3) is 0 Å². The van der Waals surface area contributed by atoms with Crippen LogP contribution >= 0.6 is 11.6 Å². The number of hydrogen-bond acceptors (Lipinski definition) is 6. The van der Waals surface area contributed by atoms with Gasteiger partial charge in [0.1, 0.15) is 11.5 Å². The molecule has 1 aliphatic rings. The molecule has 2 aromatic carbocycles. The highest BCUT2D eigenvalue weighted by atomic mass is 35.5. The zero-order valence-corrected chi connectivity index (χ0v) is 18.5. The van der Waals surface area contributed by atoms with E-state index in [4.69, 9.17) is 30.5 Å². The van der Waals surface area contributed by atoms with E-state index < -0.39 is 0 Å². The number of carbonyl (C=O) groups is 2. The molecule has 2 aromatic rings. The largest absolute Gasteiger partial charge is 0.467 e. The van der Waals surface area contributed by atoms with E-state index >= 15 is 0 Å². The Morgan fingerprint density at radius 3 is 2.35 bits per heavy atom. The third-order valence-corrected chi connectivity index (χ3v) is 5.04. The third kappa shape index (κ3) is 5.28. The molecular weight excluding hydrogens is 424 g/mol. The summed E-state index contributed by atoms with van der Waals surface area (Å²) in [5.41, 5.74) is 2.79. The van der Waals surface area contributed by atoms with Crippen LogP contribution in [-0.2, 0) is 22.6 Å². The average molecular weight is 449 g/mol. The second kappa shape index (κ2) is 10.5. The van der Waals surface area contributed by atoms with E-state index in [9.17, 15) is 9.59 Å². The molecule has 0 fully saturated rings. The Morgan fingerprint density at radius 2 is 1.68 bits per heavy atom. The van der Waals surface area contributed by atoms with Gasteiger partial charge in [0, 0.05) is 45.5 Å². The van der Waals surface area contributed by atoms with Crippen LogP contribution in [0.3, 0.4) is 0 Å². The lowest BCUT2D eigenvalue weighted by molar-refractivity contribution is 0.0449. The normalized spacial score (nSPS) is 12.5. The van der Waals surface area contributed by atoms with Crippen molar-refractivity contribution in [1.29, 1.82) is 0 Å². The molecule has 3 rings (SSSR count). The molecule has 31 heavy (non-hydrogen) atoms. The molecule has 0 bridgehead atoms. The van der Waals surface area contributed by atoms with E-state index in [1.54, 1.807) is 17.0 Å². The van der Waals surface area contributed by atoms with Crippen molar-refractivity contribution in [3.8, 4) is 11.5 Å². The maximum Gasteiger partial charge on any atom is 0.258 e. The molecule has 0 saturated carbocycles. The van der Waals surface area contributed by atoms with Crippen molar-refractivity contribution in [1.82, 2.24) is 10.2 Å². The molecule has 9 heteroatoms. The van der Waals surface area contributed by atoms with Crippen molar-refractivity contribution in [3.63, 3.8) is 0 Å². The highest BCUT2D eigenvalue weighted by Gasteiger charge is 2.28. The summed E-state index contributed by atoms with van der Waals surface area (Å²) in [5, 5.41) is 3.05. The first-order valence-corrected chi connectivity index (χ1v) is 10.1. The highest BCUT2D eigenvalue weighted by molar-refractivity contribution is 6.32. The lowest BCUT2D eigenvalue weighted by atomic mass is 10.1. The number of carbonyl (C=O) groups excluding carboxylic acids is 2. The van der Waals surface area contributed by atoms with Gasteiger partial charge in [0.15, 0.2) is 13.6 Å². The fourth-order valence-corrected chi connectivity index (χ4v) is 3.51. The van der Waals surface area contributed by atoms with Crippen molar-refractivity contribution < 1.29 is 28.5 Å². The zero-order valence-electron chi connectivity index (χ0n) is 17.7. The monoisotopic (exact) mass is 448 g/mol. The van der Waals surface area contributed by atoms with Gasteiger partial charge in [-0.25, -0.2) is 0 Å². The molecule has 1 aliphatic heterocycles. The molecule has 0 radical (unpaired) electrons. The van der Waals surface area contributed by atoms with Gasteiger partial charge in [-0.3, -0.25) is 9.59 Å². The number of ether oxygens (including phenoxy) is 4. The van der Waals surface area contributed by atoms with Gasteiger partial charge in [0.25, 0.3) is 11.8 Å². The molecule has 8 nitrogen and oxygen atoms in total. The van der Waals surface area contributed by atoms with Gasteiger partial charge in [-0.05, 0) is 36.2 Å². The average Bonchev–Trinajstić information content (AvgIpc) is 3.20. The fraction of sp³-hybridized carbons (Fsp3) is 0.364. The van der Waals surface area contributed by atoms with Crippen molar-refractivity contribution in [2.75, 3.05) is 34.4 Å². The predicted molar refractivity (Wildman–Crippen MR) is 114 cm³/mol. The predicted octanol–water partition coefficient (Wildman–Crippen LogP) is 3.21. The van der Waals surface area contributed by atoms with Crippen molar-refractivity contribution in [2.24, 2.45) is 0 Å². The summed E-state index contributed by atoms with van der Waals surface area (Å²) in [5.74, 6) is 0.245. The minimum Gasteiger partial charge on any atom is -0.467 e. The number of hydrogen-bond donors (Lipinski definition) is 1. The summed E-state index contributed by atoms with van der Waals surface area (Å²) in [6.07, 6.45) is 0. The van der Waals surface area contributed by atoms with Crippen LogP contribution in [0.5, 0.6) is 11.5 Å². The smallest absolute Gasteiger partial charge is 0.258 e. The van der Waals surface area contributed by atoms with E-state index in [1.165, 1.54) is 20.3 Å². The molecule has 0 aromatic heterocycles. The SMILES string of the molecule is CCNC(=O)c1ccc2c(c1)CN(C(=O)c1cc(Cl)c(OCOC)cc1OCOC)C2. The maximum absolute atomic E-state index is 13.3. The first-order chi connectivity index (χ1) is 15.0. The molecule has 1 heterocycles. The zero-order chi connectivity index (χ0) is 22.4. The minimum atomic E-state index is -0.248. The standard InChI is InChI=1S/C22H25ClN2O6/c1-4-24-21(26)14-5-6-15-10-25(11-16(15)7-14)22(27)17-8-18(23)20(31-13-29-3)9-19(17)30-12-28-2/h5-9H,4,10-13H2,1-3H3,(H,24,26). The van der Waals surface area contributed by atoms with E-state index in [0.717, 1.165) is 11.1 Å². The molecule has 2 amide bonds. The Kier molecular flexibility index (Phi) is 7.73. The lowest BCUT2D eigenvalue weighted by Crippen LogP contribution is -2.26. The van der Waals surface area contributed by atoms with Crippen molar-refractivity contribution in [2.45, 2.75) is 20.0 Å². The van der Waals surface area contributed by atoms with Crippen LogP contribution in [0, 0.1) is 0 Å². The van der Waals surface area contributed by atoms with E-state index in [0.29, 0.717) is 42.3 Å². The molecule has 1 N–H and O–H groups in total. The molecule has 0 unspecified atom stereocenters. The summed E-state index contributed by atoms with van der Waals surface area (Å²) < 4.78 is 20.9. The van der Waals surface area contributed by atoms with E-state index in [-0.39, 0.29) is 30.4 Å². The Labute approximate surface area is 186 Å². The lowest BCUT2D eigenvalue weighted by Gasteiger charge is -2.19. The van der Waals surface area contributed by atoms with Crippen LogP contribution in [0.15, 0.2) is 30.3 Å². The number of nitrogens with one attached hydrogen (secondary N) is 1. The highest BCUT2D eigenvalue weighted by Crippen LogP contribution is 2.35. The topological polar surface area (TPSA) is 86.3 Å². The second-order valence-electron chi connectivity index (χ2n) is 6.88. The Morgan fingerprint density at radius 1 is 1.00 bits per heavy atom. The quantitative estimate of drug-likeness (QED) is 0.593. The van der Waals surface area contributed by atoms with Crippen LogP contribution in [0.4, 0.5) is 0 Å². The number of benzene rings is 2. The number of rotatable bonds is 9. The summed E-state index contributed by atoms with van der Waals surface area (Å²) in [4.78, 5) is 27.1. The first kappa shape index (κ1) is 22.9. The Bertz CT molecular complexity index is 965. The summed E-state index contributed by atoms with van der Waals surface area (Å²) in [6.45, 7) is 3.19. The van der Waals surface area contributed by atoms with Crippen LogP contribution in [0.1, 0.15) is 38.8 Å². The number of nitrogens with zero attached hydrogens (tertiary/aromatic N) is 1. The van der Waals surface area contributed by atoms with Crippen LogP contribution in [-0.4, -0.2) is 51.1 Å². The van der Waals surface area contributed by atoms with E-state index in [2.05, 4.69) is 5.32 Å². The Hall–Kier alpha value is -2.81. The Balaban J connectivity index is 1.84. The van der Waals surface area contributed by atoms with Gasteiger partial charge < -0.3 is 29.2 Å². The number of methoxy groups -OCH3 is 2. The minimum absolute atomic E-state index is 0.00606. The summed E-state index contributed by atoms with van der Waals surface area (Å²) in [7, 11) is 2.99. The summed E-state index contributed by atoms with van der Waals surface area (Å²) >= 11 is 6.31. The van der Waals surface area contributed by atoms with Crippen LogP contribution in [0.2, 0.25) is 5.02 Å². The van der Waals surface area contributed by atoms with Gasteiger partial charge in [-0.2, -0.15) is 0 Å². The van der Waals surface area contributed by atoms with Crippen molar-refractivity contribution >= 4 is 23.4 Å². The summed E-state index contributed by atoms with van der Waals surface area (Å²) in [6, 6.07) is 8.53. The number of halogens is 1. The molecule has 0 spiro atoms. The maximum atomic E-state index is 13.3. The van der Waals surface area contributed by atoms with Crippen LogP contribution < -0.4 is 14.8 Å². The van der Waals surface area contributed by atoms with Gasteiger partial charge in [-0.1, -0.05) is 17.7 Å². The van der Waals surface area contributed by atoms with Gasteiger partial charge in [-0.15, -0.1) is 0 Å². The number of fused-ring (bicyclic) bond motifs is 1. The number of amides is 2. The molecular formula is C22H25ClN2O6. The van der Waals surface area contributed by atoms with Gasteiger partial charge in [0.2, 0.25) is 0 Å². The fourth-order valence-electron chi connectivity index (χ4n) is 3.29. The third-order valence-electron chi connectivity index (χ3n) is 4.74. The molecule has 0 atom stereocenters. The van der Waals surface area contributed by atoms with Gasteiger partial charge in [0.05, 0.1) is 10.6 Å². The molecule has 166 valence electrons. The molecule has 0 saturated heterocycles. The van der Waals surface area contributed by atoms with E-state index in [1.807, 2.05) is 19.1 Å². The first-order valence-electron chi connectivity index (χ1n) is 9.74.